The Morgan fingerprint density at radius 2 is 2.20 bits per heavy atom. The molecule has 0 spiro atoms. The summed E-state index contributed by atoms with van der Waals surface area (Å²) in [6, 6.07) is 4.87. The molecule has 4 nitrogen and oxygen atoms in total. The molecule has 2 aromatic rings. The van der Waals surface area contributed by atoms with Crippen LogP contribution in [-0.2, 0) is 4.74 Å². The van der Waals surface area contributed by atoms with Gasteiger partial charge in [-0.3, -0.25) is 0 Å². The first kappa shape index (κ1) is 14.6. The van der Waals surface area contributed by atoms with E-state index < -0.39 is 5.97 Å². The summed E-state index contributed by atoms with van der Waals surface area (Å²) >= 11 is 12.1. The highest BCUT2D eigenvalue weighted by Crippen LogP contribution is 2.32. The molecule has 0 aliphatic carbocycles. The van der Waals surface area contributed by atoms with E-state index >= 15 is 0 Å². The van der Waals surface area contributed by atoms with Crippen molar-refractivity contribution in [3.63, 3.8) is 0 Å². The molecule has 6 heteroatoms. The third-order valence-corrected chi connectivity index (χ3v) is 3.15. The number of anilines is 1. The maximum Gasteiger partial charge on any atom is 0.357 e. The molecule has 1 heterocycles. The third-order valence-electron chi connectivity index (χ3n) is 2.64. The Hall–Kier alpha value is -1.78. The summed E-state index contributed by atoms with van der Waals surface area (Å²) in [7, 11) is 1.73. The molecule has 1 aromatic carbocycles. The second kappa shape index (κ2) is 6.11. The molecule has 104 valence electrons. The van der Waals surface area contributed by atoms with Gasteiger partial charge in [-0.15, -0.1) is 0 Å². The fourth-order valence-corrected chi connectivity index (χ4v) is 2.38. The van der Waals surface area contributed by atoms with Crippen LogP contribution in [0.3, 0.4) is 0 Å². The zero-order valence-corrected chi connectivity index (χ0v) is 12.3. The van der Waals surface area contributed by atoms with Gasteiger partial charge in [0, 0.05) is 23.1 Å². The van der Waals surface area contributed by atoms with Crippen LogP contribution < -0.4 is 5.32 Å². The van der Waals surface area contributed by atoms with Crippen LogP contribution in [0.25, 0.3) is 10.9 Å². The fourth-order valence-electron chi connectivity index (χ4n) is 1.80. The Labute approximate surface area is 126 Å². The number of nitrogens with zero attached hydrogens (tertiary/aromatic N) is 1. The molecule has 0 saturated heterocycles. The Bertz CT molecular complexity index is 686. The summed E-state index contributed by atoms with van der Waals surface area (Å²) in [6.45, 7) is 3.62. The van der Waals surface area contributed by atoms with Crippen LogP contribution in [0.2, 0.25) is 10.0 Å². The molecular weight excluding hydrogens is 299 g/mol. The average molecular weight is 311 g/mol. The second-order valence-electron chi connectivity index (χ2n) is 3.97. The highest BCUT2D eigenvalue weighted by atomic mass is 35.5. The Morgan fingerprint density at radius 3 is 2.85 bits per heavy atom. The molecule has 0 aliphatic heterocycles. The summed E-state index contributed by atoms with van der Waals surface area (Å²) in [6.07, 6.45) is 1.49. The quantitative estimate of drug-likeness (QED) is 0.687. The van der Waals surface area contributed by atoms with E-state index in [2.05, 4.69) is 16.9 Å². The van der Waals surface area contributed by atoms with Gasteiger partial charge in [0.05, 0.1) is 10.5 Å². The molecule has 0 unspecified atom stereocenters. The van der Waals surface area contributed by atoms with Gasteiger partial charge in [-0.05, 0) is 18.2 Å². The van der Waals surface area contributed by atoms with Crippen molar-refractivity contribution in [1.29, 1.82) is 0 Å². The average Bonchev–Trinajstić information content (AvgIpc) is 2.42. The number of ether oxygens (including phenoxy) is 1. The number of fused-ring (bicyclic) bond motifs is 1. The van der Waals surface area contributed by atoms with Crippen molar-refractivity contribution in [2.45, 2.75) is 0 Å². The van der Waals surface area contributed by atoms with E-state index in [1.807, 2.05) is 0 Å². The fraction of sp³-hybridized carbons (Fsp3) is 0.143. The first-order valence-electron chi connectivity index (χ1n) is 5.82. The first-order chi connectivity index (χ1) is 9.56. The molecule has 0 aliphatic rings. The third kappa shape index (κ3) is 2.86. The lowest BCUT2D eigenvalue weighted by Gasteiger charge is -2.10. The van der Waals surface area contributed by atoms with Gasteiger partial charge in [0.2, 0.25) is 0 Å². The number of carbonyl (C=O) groups excluding carboxylic acids is 1. The molecule has 0 radical (unpaired) electrons. The second-order valence-corrected chi connectivity index (χ2v) is 4.82. The SMILES string of the molecule is C=CCOC(=O)c1cc(NC)c2c(Cl)cc(Cl)cc2n1. The molecule has 0 bridgehead atoms. The lowest BCUT2D eigenvalue weighted by molar-refractivity contribution is 0.0543. The van der Waals surface area contributed by atoms with Crippen molar-refractivity contribution in [3.05, 3.63) is 46.6 Å². The minimum atomic E-state index is -0.528. The number of carbonyl (C=O) groups is 1. The van der Waals surface area contributed by atoms with E-state index in [1.54, 1.807) is 25.2 Å². The number of halogens is 2. The lowest BCUT2D eigenvalue weighted by atomic mass is 10.1. The van der Waals surface area contributed by atoms with E-state index in [1.165, 1.54) is 6.08 Å². The number of esters is 1. The molecule has 0 saturated carbocycles. The first-order valence-corrected chi connectivity index (χ1v) is 6.58. The van der Waals surface area contributed by atoms with E-state index in [9.17, 15) is 4.79 Å². The van der Waals surface area contributed by atoms with Crippen LogP contribution in [0.15, 0.2) is 30.9 Å². The summed E-state index contributed by atoms with van der Waals surface area (Å²) in [4.78, 5) is 16.1. The number of hydrogen-bond acceptors (Lipinski definition) is 4. The molecule has 1 aromatic heterocycles. The van der Waals surface area contributed by atoms with Gasteiger partial charge in [0.25, 0.3) is 0 Å². The number of benzene rings is 1. The summed E-state index contributed by atoms with van der Waals surface area (Å²) < 4.78 is 4.97. The van der Waals surface area contributed by atoms with E-state index in [4.69, 9.17) is 27.9 Å². The van der Waals surface area contributed by atoms with Crippen molar-refractivity contribution in [1.82, 2.24) is 4.98 Å². The summed E-state index contributed by atoms with van der Waals surface area (Å²) in [5.74, 6) is -0.528. The molecule has 2 rings (SSSR count). The molecule has 1 N–H and O–H groups in total. The zero-order valence-electron chi connectivity index (χ0n) is 10.7. The van der Waals surface area contributed by atoms with Gasteiger partial charge in [0.1, 0.15) is 6.61 Å². The maximum absolute atomic E-state index is 11.9. The van der Waals surface area contributed by atoms with Gasteiger partial charge >= 0.3 is 5.97 Å². The lowest BCUT2D eigenvalue weighted by Crippen LogP contribution is -2.08. The van der Waals surface area contributed by atoms with Gasteiger partial charge in [0.15, 0.2) is 5.69 Å². The van der Waals surface area contributed by atoms with Crippen LogP contribution in [0.4, 0.5) is 5.69 Å². The van der Waals surface area contributed by atoms with Crippen LogP contribution in [-0.4, -0.2) is 24.6 Å². The van der Waals surface area contributed by atoms with Crippen LogP contribution in [0, 0.1) is 0 Å². The number of rotatable bonds is 4. The van der Waals surface area contributed by atoms with E-state index in [0.717, 1.165) is 0 Å². The highest BCUT2D eigenvalue weighted by Gasteiger charge is 2.15. The van der Waals surface area contributed by atoms with Crippen molar-refractivity contribution >= 4 is 45.8 Å². The number of hydrogen-bond donors (Lipinski definition) is 1. The van der Waals surface area contributed by atoms with Gasteiger partial charge in [-0.1, -0.05) is 35.9 Å². The Kier molecular flexibility index (Phi) is 4.47. The van der Waals surface area contributed by atoms with Crippen molar-refractivity contribution in [2.75, 3.05) is 19.0 Å². The van der Waals surface area contributed by atoms with Crippen molar-refractivity contribution < 1.29 is 9.53 Å². The van der Waals surface area contributed by atoms with Gasteiger partial charge in [-0.2, -0.15) is 0 Å². The van der Waals surface area contributed by atoms with Gasteiger partial charge in [-0.25, -0.2) is 9.78 Å². The molecule has 20 heavy (non-hydrogen) atoms. The smallest absolute Gasteiger partial charge is 0.357 e. The van der Waals surface area contributed by atoms with Crippen molar-refractivity contribution in [3.8, 4) is 0 Å². The molecule has 0 amide bonds. The van der Waals surface area contributed by atoms with Crippen molar-refractivity contribution in [2.24, 2.45) is 0 Å². The Balaban J connectivity index is 2.59. The summed E-state index contributed by atoms with van der Waals surface area (Å²) in [5.41, 5.74) is 1.39. The normalized spacial score (nSPS) is 10.3. The maximum atomic E-state index is 11.9. The van der Waals surface area contributed by atoms with E-state index in [-0.39, 0.29) is 12.3 Å². The predicted molar refractivity (Wildman–Crippen MR) is 81.8 cm³/mol. The minimum absolute atomic E-state index is 0.129. The number of nitrogens with one attached hydrogen (secondary N) is 1. The van der Waals surface area contributed by atoms with Crippen LogP contribution >= 0.6 is 23.2 Å². The zero-order chi connectivity index (χ0) is 14.7. The van der Waals surface area contributed by atoms with Crippen LogP contribution in [0.5, 0.6) is 0 Å². The topological polar surface area (TPSA) is 51.2 Å². The number of aromatic nitrogens is 1. The van der Waals surface area contributed by atoms with Crippen LogP contribution in [0.1, 0.15) is 10.5 Å². The largest absolute Gasteiger partial charge is 0.457 e. The monoisotopic (exact) mass is 310 g/mol. The molecular formula is C14H12Cl2N2O2. The Morgan fingerprint density at radius 1 is 1.45 bits per heavy atom. The highest BCUT2D eigenvalue weighted by molar-refractivity contribution is 6.39. The van der Waals surface area contributed by atoms with Gasteiger partial charge < -0.3 is 10.1 Å². The van der Waals surface area contributed by atoms with E-state index in [0.29, 0.717) is 26.6 Å². The standard InChI is InChI=1S/C14H12Cl2N2O2/c1-3-4-20-14(19)12-7-10(17-2)13-9(16)5-8(15)6-11(13)18-12/h3,5-7H,1,4H2,2H3,(H,17,18). The molecule has 0 fully saturated rings. The molecule has 0 atom stereocenters. The number of pyridine rings is 1. The summed E-state index contributed by atoms with van der Waals surface area (Å²) in [5, 5.41) is 4.61. The predicted octanol–water partition coefficient (Wildman–Crippen LogP) is 3.93. The minimum Gasteiger partial charge on any atom is -0.457 e.